The van der Waals surface area contributed by atoms with Crippen LogP contribution >= 0.6 is 0 Å². The summed E-state index contributed by atoms with van der Waals surface area (Å²) >= 11 is 0. The number of pyridine rings is 1. The molecule has 25 heavy (non-hydrogen) atoms. The van der Waals surface area contributed by atoms with Crippen molar-refractivity contribution in [2.45, 2.75) is 32.6 Å². The molecule has 1 N–H and O–H groups in total. The summed E-state index contributed by atoms with van der Waals surface area (Å²) in [6, 6.07) is 8.37. The Hall–Kier alpha value is -2.47. The van der Waals surface area contributed by atoms with E-state index < -0.39 is 0 Å². The molecule has 2 heterocycles. The number of carbonyl (C=O) groups excluding carboxylic acids is 1. The maximum absolute atomic E-state index is 14.5. The largest absolute Gasteiger partial charge is 0.372 e. The van der Waals surface area contributed by atoms with Gasteiger partial charge in [0.05, 0.1) is 17.9 Å². The molecule has 0 radical (unpaired) electrons. The minimum atomic E-state index is -0.281. The number of halogens is 1. The summed E-state index contributed by atoms with van der Waals surface area (Å²) in [7, 11) is 0. The first kappa shape index (κ1) is 17.4. The summed E-state index contributed by atoms with van der Waals surface area (Å²) in [5, 5.41) is 2.79. The van der Waals surface area contributed by atoms with E-state index in [9.17, 15) is 9.18 Å². The van der Waals surface area contributed by atoms with Gasteiger partial charge in [0.25, 0.3) is 5.91 Å². The van der Waals surface area contributed by atoms with Gasteiger partial charge in [-0.1, -0.05) is 6.07 Å². The van der Waals surface area contributed by atoms with E-state index in [0.717, 1.165) is 5.56 Å². The lowest BCUT2D eigenvalue weighted by Crippen LogP contribution is -2.45. The van der Waals surface area contributed by atoms with E-state index in [-0.39, 0.29) is 30.5 Å². The number of amides is 1. The number of aromatic nitrogens is 1. The van der Waals surface area contributed by atoms with E-state index in [1.165, 1.54) is 6.07 Å². The first-order valence-corrected chi connectivity index (χ1v) is 8.40. The second kappa shape index (κ2) is 7.61. The number of rotatable bonds is 4. The van der Waals surface area contributed by atoms with Crippen LogP contribution in [0, 0.1) is 5.82 Å². The molecule has 6 heteroatoms. The summed E-state index contributed by atoms with van der Waals surface area (Å²) in [6.45, 7) is 5.58. The van der Waals surface area contributed by atoms with Gasteiger partial charge in [-0.05, 0) is 43.7 Å². The maximum Gasteiger partial charge on any atom is 0.251 e. The van der Waals surface area contributed by atoms with E-state index in [1.807, 2.05) is 24.8 Å². The minimum absolute atomic E-state index is 0.0717. The zero-order chi connectivity index (χ0) is 17.8. The topological polar surface area (TPSA) is 54.5 Å². The Labute approximate surface area is 146 Å². The summed E-state index contributed by atoms with van der Waals surface area (Å²) in [6.07, 6.45) is 3.27. The molecule has 1 aromatic heterocycles. The summed E-state index contributed by atoms with van der Waals surface area (Å²) in [4.78, 5) is 17.9. The molecule has 0 spiro atoms. The van der Waals surface area contributed by atoms with E-state index >= 15 is 0 Å². The number of benzene rings is 1. The van der Waals surface area contributed by atoms with Crippen molar-refractivity contribution >= 4 is 11.6 Å². The molecule has 0 saturated carbocycles. The third kappa shape index (κ3) is 4.33. The first-order chi connectivity index (χ1) is 12.0. The average molecular weight is 343 g/mol. The van der Waals surface area contributed by atoms with Crippen LogP contribution in [0.2, 0.25) is 0 Å². The lowest BCUT2D eigenvalue weighted by atomic mass is 10.1. The number of anilines is 1. The predicted octanol–water partition coefficient (Wildman–Crippen LogP) is 2.76. The molecular formula is C19H22FN3O2. The number of nitrogens with zero attached hydrogens (tertiary/aromatic N) is 2. The molecule has 1 fully saturated rings. The Morgan fingerprint density at radius 1 is 1.24 bits per heavy atom. The second-order valence-corrected chi connectivity index (χ2v) is 6.37. The number of hydrogen-bond donors (Lipinski definition) is 1. The molecule has 0 unspecified atom stereocenters. The van der Waals surface area contributed by atoms with Gasteiger partial charge < -0.3 is 15.0 Å². The molecule has 1 aromatic carbocycles. The zero-order valence-corrected chi connectivity index (χ0v) is 14.4. The van der Waals surface area contributed by atoms with Gasteiger partial charge in [0.15, 0.2) is 0 Å². The van der Waals surface area contributed by atoms with Gasteiger partial charge in [-0.2, -0.15) is 0 Å². The van der Waals surface area contributed by atoms with Crippen molar-refractivity contribution in [1.82, 2.24) is 10.3 Å². The zero-order valence-electron chi connectivity index (χ0n) is 14.4. The van der Waals surface area contributed by atoms with Gasteiger partial charge in [0.2, 0.25) is 0 Å². The van der Waals surface area contributed by atoms with Crippen molar-refractivity contribution in [3.8, 4) is 0 Å². The van der Waals surface area contributed by atoms with E-state index in [4.69, 9.17) is 4.74 Å². The minimum Gasteiger partial charge on any atom is -0.372 e. The standard InChI is InChI=1S/C19H22FN3O2/c1-13-11-23(12-14(2)25-13)18-4-3-15(9-17(18)20)10-22-19(24)16-5-7-21-8-6-16/h3-9,13-14H,10-12H2,1-2H3,(H,22,24)/t13-,14+. The van der Waals surface area contributed by atoms with Gasteiger partial charge in [-0.25, -0.2) is 4.39 Å². The molecule has 5 nitrogen and oxygen atoms in total. The molecule has 2 aromatic rings. The van der Waals surface area contributed by atoms with E-state index in [1.54, 1.807) is 30.6 Å². The normalized spacial score (nSPS) is 20.4. The lowest BCUT2D eigenvalue weighted by Gasteiger charge is -2.37. The van der Waals surface area contributed by atoms with Crippen molar-refractivity contribution in [3.05, 3.63) is 59.7 Å². The molecule has 0 aliphatic carbocycles. The Kier molecular flexibility index (Phi) is 5.28. The summed E-state index contributed by atoms with van der Waals surface area (Å²) < 4.78 is 20.2. The highest BCUT2D eigenvalue weighted by Gasteiger charge is 2.24. The number of ether oxygens (including phenoxy) is 1. The third-order valence-electron chi connectivity index (χ3n) is 4.17. The van der Waals surface area contributed by atoms with Crippen LogP contribution in [0.3, 0.4) is 0 Å². The lowest BCUT2D eigenvalue weighted by molar-refractivity contribution is -0.00539. The molecule has 132 valence electrons. The first-order valence-electron chi connectivity index (χ1n) is 8.40. The van der Waals surface area contributed by atoms with Crippen LogP contribution in [-0.2, 0) is 11.3 Å². The van der Waals surface area contributed by atoms with Crippen LogP contribution in [0.5, 0.6) is 0 Å². The molecule has 1 saturated heterocycles. The van der Waals surface area contributed by atoms with Gasteiger partial charge >= 0.3 is 0 Å². The van der Waals surface area contributed by atoms with Crippen molar-refractivity contribution < 1.29 is 13.9 Å². The fourth-order valence-corrected chi connectivity index (χ4v) is 3.08. The van der Waals surface area contributed by atoms with E-state index in [0.29, 0.717) is 24.3 Å². The Bertz CT molecular complexity index is 729. The van der Waals surface area contributed by atoms with Crippen LogP contribution < -0.4 is 10.2 Å². The number of carbonyl (C=O) groups is 1. The quantitative estimate of drug-likeness (QED) is 0.927. The number of morpholine rings is 1. The Morgan fingerprint density at radius 3 is 2.56 bits per heavy atom. The van der Waals surface area contributed by atoms with Gasteiger partial charge in [-0.15, -0.1) is 0 Å². The highest BCUT2D eigenvalue weighted by molar-refractivity contribution is 5.93. The fourth-order valence-electron chi connectivity index (χ4n) is 3.08. The van der Waals surface area contributed by atoms with Crippen molar-refractivity contribution in [1.29, 1.82) is 0 Å². The second-order valence-electron chi connectivity index (χ2n) is 6.37. The molecule has 1 amide bonds. The van der Waals surface area contributed by atoms with Gasteiger partial charge in [-0.3, -0.25) is 9.78 Å². The molecule has 2 atom stereocenters. The molecule has 1 aliphatic heterocycles. The van der Waals surface area contributed by atoms with E-state index in [2.05, 4.69) is 10.3 Å². The highest BCUT2D eigenvalue weighted by atomic mass is 19.1. The van der Waals surface area contributed by atoms with Crippen LogP contribution in [0.1, 0.15) is 29.8 Å². The molecule has 3 rings (SSSR count). The summed E-state index contributed by atoms with van der Waals surface area (Å²) in [5.74, 6) is -0.486. The highest BCUT2D eigenvalue weighted by Crippen LogP contribution is 2.24. The van der Waals surface area contributed by atoms with Crippen molar-refractivity contribution in [2.24, 2.45) is 0 Å². The maximum atomic E-state index is 14.5. The fraction of sp³-hybridized carbons (Fsp3) is 0.368. The predicted molar refractivity (Wildman–Crippen MR) is 94.0 cm³/mol. The van der Waals surface area contributed by atoms with Crippen molar-refractivity contribution in [3.63, 3.8) is 0 Å². The Morgan fingerprint density at radius 2 is 1.92 bits per heavy atom. The average Bonchev–Trinajstić information content (AvgIpc) is 2.59. The molecule has 0 bridgehead atoms. The Balaban J connectivity index is 1.65. The summed E-state index contributed by atoms with van der Waals surface area (Å²) in [5.41, 5.74) is 1.83. The van der Waals surface area contributed by atoms with Crippen molar-refractivity contribution in [2.75, 3.05) is 18.0 Å². The SMILES string of the molecule is C[C@@H]1CN(c2ccc(CNC(=O)c3ccncc3)cc2F)C[C@H](C)O1. The monoisotopic (exact) mass is 343 g/mol. The van der Waals surface area contributed by atoms with Crippen LogP contribution in [0.25, 0.3) is 0 Å². The number of nitrogens with one attached hydrogen (secondary N) is 1. The van der Waals surface area contributed by atoms with Gasteiger partial charge in [0.1, 0.15) is 5.82 Å². The van der Waals surface area contributed by atoms with Crippen LogP contribution in [0.4, 0.5) is 10.1 Å². The third-order valence-corrected chi connectivity index (χ3v) is 4.17. The van der Waals surface area contributed by atoms with Gasteiger partial charge in [0, 0.05) is 37.6 Å². The molecule has 1 aliphatic rings. The molecular weight excluding hydrogens is 321 g/mol. The smallest absolute Gasteiger partial charge is 0.251 e. The van der Waals surface area contributed by atoms with Crippen LogP contribution in [0.15, 0.2) is 42.7 Å². The van der Waals surface area contributed by atoms with Crippen LogP contribution in [-0.4, -0.2) is 36.2 Å². The number of hydrogen-bond acceptors (Lipinski definition) is 4.